The lowest BCUT2D eigenvalue weighted by Crippen LogP contribution is -2.43. The summed E-state index contributed by atoms with van der Waals surface area (Å²) in [5.41, 5.74) is 5.47. The van der Waals surface area contributed by atoms with Crippen molar-refractivity contribution in [1.82, 2.24) is 10.2 Å². The number of benzene rings is 2. The summed E-state index contributed by atoms with van der Waals surface area (Å²) in [5, 5.41) is 3.20. The molecule has 0 spiro atoms. The van der Waals surface area contributed by atoms with Crippen LogP contribution in [0.3, 0.4) is 0 Å². The number of nitrogens with one attached hydrogen (secondary N) is 1. The van der Waals surface area contributed by atoms with E-state index in [-0.39, 0.29) is 11.8 Å². The van der Waals surface area contributed by atoms with Crippen molar-refractivity contribution in [3.05, 3.63) is 65.2 Å². The highest BCUT2D eigenvalue weighted by Crippen LogP contribution is 2.24. The molecule has 1 saturated heterocycles. The second-order valence-corrected chi connectivity index (χ2v) is 8.56. The predicted octanol–water partition coefficient (Wildman–Crippen LogP) is 3.78. The van der Waals surface area contributed by atoms with Crippen LogP contribution in [0.4, 0.5) is 5.69 Å². The fourth-order valence-corrected chi connectivity index (χ4v) is 4.65. The lowest BCUT2D eigenvalue weighted by Gasteiger charge is -2.34. The average Bonchev–Trinajstić information content (AvgIpc) is 2.76. The molecule has 29 heavy (non-hydrogen) atoms. The Balaban J connectivity index is 1.20. The molecule has 0 saturated carbocycles. The van der Waals surface area contributed by atoms with E-state index in [4.69, 9.17) is 0 Å². The Hall–Kier alpha value is -2.33. The SMILES string of the molecule is Cc1cccc(N2CCC[C@@H](C(=O)NCCCN3CCc4ccccc4C3)C2)c1. The van der Waals surface area contributed by atoms with E-state index in [1.807, 2.05) is 0 Å². The standard InChI is InChI=1S/C25H33N3O/c1-20-7-4-11-24(17-20)28-15-5-10-23(19-28)25(29)26-13-6-14-27-16-12-21-8-2-3-9-22(21)18-27/h2-4,7-9,11,17,23H,5-6,10,12-16,18-19H2,1H3,(H,26,29)/t23-/m1/s1. The molecule has 0 radical (unpaired) electrons. The quantitative estimate of drug-likeness (QED) is 0.762. The van der Waals surface area contributed by atoms with Crippen molar-refractivity contribution >= 4 is 11.6 Å². The van der Waals surface area contributed by atoms with E-state index in [2.05, 4.69) is 70.6 Å². The van der Waals surface area contributed by atoms with Crippen molar-refractivity contribution in [1.29, 1.82) is 0 Å². The smallest absolute Gasteiger partial charge is 0.224 e. The highest BCUT2D eigenvalue weighted by molar-refractivity contribution is 5.79. The van der Waals surface area contributed by atoms with E-state index in [0.29, 0.717) is 0 Å². The summed E-state index contributed by atoms with van der Waals surface area (Å²) in [6.45, 7) is 7.99. The average molecular weight is 392 g/mol. The molecule has 2 aliphatic rings. The lowest BCUT2D eigenvalue weighted by molar-refractivity contribution is -0.125. The largest absolute Gasteiger partial charge is 0.371 e. The zero-order chi connectivity index (χ0) is 20.1. The number of hydrogen-bond acceptors (Lipinski definition) is 3. The van der Waals surface area contributed by atoms with Gasteiger partial charge in [0.2, 0.25) is 5.91 Å². The summed E-state index contributed by atoms with van der Waals surface area (Å²) in [5.74, 6) is 0.331. The summed E-state index contributed by atoms with van der Waals surface area (Å²) in [6.07, 6.45) is 4.23. The van der Waals surface area contributed by atoms with Gasteiger partial charge in [-0.05, 0) is 61.4 Å². The van der Waals surface area contributed by atoms with Crippen LogP contribution < -0.4 is 10.2 Å². The van der Waals surface area contributed by atoms with Crippen molar-refractivity contribution in [2.45, 2.75) is 39.2 Å². The Kier molecular flexibility index (Phi) is 6.50. The number of hydrogen-bond donors (Lipinski definition) is 1. The van der Waals surface area contributed by atoms with Crippen LogP contribution in [-0.2, 0) is 17.8 Å². The molecule has 1 N–H and O–H groups in total. The van der Waals surface area contributed by atoms with E-state index in [9.17, 15) is 4.79 Å². The highest BCUT2D eigenvalue weighted by Gasteiger charge is 2.25. The number of aryl methyl sites for hydroxylation is 1. The minimum Gasteiger partial charge on any atom is -0.371 e. The molecule has 154 valence electrons. The van der Waals surface area contributed by atoms with Crippen molar-refractivity contribution in [2.24, 2.45) is 5.92 Å². The molecule has 0 bridgehead atoms. The molecule has 2 aromatic carbocycles. The molecule has 4 heteroatoms. The van der Waals surface area contributed by atoms with E-state index in [1.165, 1.54) is 22.4 Å². The van der Waals surface area contributed by atoms with Gasteiger partial charge in [0.25, 0.3) is 0 Å². The van der Waals surface area contributed by atoms with Gasteiger partial charge in [0.1, 0.15) is 0 Å². The summed E-state index contributed by atoms with van der Waals surface area (Å²) >= 11 is 0. The number of rotatable bonds is 6. The zero-order valence-electron chi connectivity index (χ0n) is 17.6. The van der Waals surface area contributed by atoms with Gasteiger partial charge in [-0.3, -0.25) is 9.69 Å². The number of carbonyl (C=O) groups excluding carboxylic acids is 1. The van der Waals surface area contributed by atoms with Gasteiger partial charge in [-0.25, -0.2) is 0 Å². The van der Waals surface area contributed by atoms with Crippen LogP contribution in [0.5, 0.6) is 0 Å². The van der Waals surface area contributed by atoms with Crippen molar-refractivity contribution in [2.75, 3.05) is 37.6 Å². The van der Waals surface area contributed by atoms with Gasteiger partial charge < -0.3 is 10.2 Å². The van der Waals surface area contributed by atoms with Crippen LogP contribution in [-0.4, -0.2) is 43.5 Å². The molecule has 0 aromatic heterocycles. The molecule has 4 rings (SSSR count). The third-order valence-corrected chi connectivity index (χ3v) is 6.32. The Morgan fingerprint density at radius 3 is 2.83 bits per heavy atom. The van der Waals surface area contributed by atoms with E-state index < -0.39 is 0 Å². The summed E-state index contributed by atoms with van der Waals surface area (Å²) in [4.78, 5) is 17.6. The minimum absolute atomic E-state index is 0.103. The summed E-state index contributed by atoms with van der Waals surface area (Å²) < 4.78 is 0. The van der Waals surface area contributed by atoms with Gasteiger partial charge in [-0.15, -0.1) is 0 Å². The maximum atomic E-state index is 12.7. The minimum atomic E-state index is 0.103. The summed E-state index contributed by atoms with van der Waals surface area (Å²) in [7, 11) is 0. The second-order valence-electron chi connectivity index (χ2n) is 8.56. The monoisotopic (exact) mass is 391 g/mol. The first-order valence-corrected chi connectivity index (χ1v) is 11.1. The Labute approximate surface area is 174 Å². The lowest BCUT2D eigenvalue weighted by atomic mass is 9.96. The van der Waals surface area contributed by atoms with Crippen molar-refractivity contribution in [3.8, 4) is 0 Å². The van der Waals surface area contributed by atoms with Gasteiger partial charge in [0.05, 0.1) is 5.92 Å². The molecule has 0 unspecified atom stereocenters. The molecule has 1 fully saturated rings. The van der Waals surface area contributed by atoms with Gasteiger partial charge in [-0.1, -0.05) is 36.4 Å². The molecule has 4 nitrogen and oxygen atoms in total. The van der Waals surface area contributed by atoms with Gasteiger partial charge in [-0.2, -0.15) is 0 Å². The first-order chi connectivity index (χ1) is 14.2. The van der Waals surface area contributed by atoms with Gasteiger partial charge in [0, 0.05) is 45.0 Å². The maximum Gasteiger partial charge on any atom is 0.224 e. The highest BCUT2D eigenvalue weighted by atomic mass is 16.1. The van der Waals surface area contributed by atoms with Crippen LogP contribution in [0.25, 0.3) is 0 Å². The van der Waals surface area contributed by atoms with Crippen molar-refractivity contribution < 1.29 is 4.79 Å². The second kappa shape index (κ2) is 9.45. The van der Waals surface area contributed by atoms with E-state index in [1.54, 1.807) is 0 Å². The Morgan fingerprint density at radius 1 is 1.10 bits per heavy atom. The Bertz CT molecular complexity index is 834. The summed E-state index contributed by atoms with van der Waals surface area (Å²) in [6, 6.07) is 17.4. The van der Waals surface area contributed by atoms with E-state index >= 15 is 0 Å². The molecule has 2 heterocycles. The third-order valence-electron chi connectivity index (χ3n) is 6.32. The fraction of sp³-hybridized carbons (Fsp3) is 0.480. The number of carbonyl (C=O) groups is 1. The molecule has 0 aliphatic carbocycles. The molecule has 2 aromatic rings. The fourth-order valence-electron chi connectivity index (χ4n) is 4.65. The van der Waals surface area contributed by atoms with Crippen LogP contribution >= 0.6 is 0 Å². The maximum absolute atomic E-state index is 12.7. The number of anilines is 1. The zero-order valence-corrected chi connectivity index (χ0v) is 17.6. The van der Waals surface area contributed by atoms with Crippen molar-refractivity contribution in [3.63, 3.8) is 0 Å². The van der Waals surface area contributed by atoms with Crippen LogP contribution in [0, 0.1) is 12.8 Å². The molecule has 2 aliphatic heterocycles. The van der Waals surface area contributed by atoms with Crippen LogP contribution in [0.1, 0.15) is 36.0 Å². The Morgan fingerprint density at radius 2 is 1.97 bits per heavy atom. The molecular formula is C25H33N3O. The number of piperidine rings is 1. The van der Waals surface area contributed by atoms with Gasteiger partial charge >= 0.3 is 0 Å². The predicted molar refractivity (Wildman–Crippen MR) is 119 cm³/mol. The number of amides is 1. The van der Waals surface area contributed by atoms with Crippen LogP contribution in [0.15, 0.2) is 48.5 Å². The van der Waals surface area contributed by atoms with Crippen LogP contribution in [0.2, 0.25) is 0 Å². The topological polar surface area (TPSA) is 35.6 Å². The van der Waals surface area contributed by atoms with E-state index in [0.717, 1.165) is 65.0 Å². The first-order valence-electron chi connectivity index (χ1n) is 11.1. The van der Waals surface area contributed by atoms with Gasteiger partial charge in [0.15, 0.2) is 0 Å². The number of fused-ring (bicyclic) bond motifs is 1. The normalized spacial score (nSPS) is 19.6. The molecule has 1 amide bonds. The molecule has 1 atom stereocenters. The third kappa shape index (κ3) is 5.18. The first kappa shape index (κ1) is 20.0. The molecular weight excluding hydrogens is 358 g/mol. The number of nitrogens with zero attached hydrogens (tertiary/aromatic N) is 2.